The molecule has 0 radical (unpaired) electrons. The molecule has 1 saturated carbocycles. The molecular formula is C15H20FN5. The summed E-state index contributed by atoms with van der Waals surface area (Å²) in [6.45, 7) is 4.51. The van der Waals surface area contributed by atoms with E-state index in [-0.39, 0.29) is 5.82 Å². The van der Waals surface area contributed by atoms with Crippen LogP contribution in [0.25, 0.3) is 0 Å². The van der Waals surface area contributed by atoms with Crippen molar-refractivity contribution in [1.82, 2.24) is 25.1 Å². The van der Waals surface area contributed by atoms with Crippen LogP contribution in [0.3, 0.4) is 0 Å². The highest BCUT2D eigenvalue weighted by molar-refractivity contribution is 5.16. The molecule has 21 heavy (non-hydrogen) atoms. The third kappa shape index (κ3) is 3.64. The van der Waals surface area contributed by atoms with Gasteiger partial charge in [-0.1, -0.05) is 19.1 Å². The van der Waals surface area contributed by atoms with Crippen molar-refractivity contribution in [3.63, 3.8) is 0 Å². The van der Waals surface area contributed by atoms with Crippen molar-refractivity contribution in [2.24, 2.45) is 0 Å². The summed E-state index contributed by atoms with van der Waals surface area (Å²) in [5.41, 5.74) is 1.12. The van der Waals surface area contributed by atoms with Crippen LogP contribution in [0.1, 0.15) is 37.6 Å². The minimum Gasteiger partial charge on any atom is -0.289 e. The summed E-state index contributed by atoms with van der Waals surface area (Å²) in [6.07, 6.45) is 3.45. The van der Waals surface area contributed by atoms with Crippen LogP contribution in [0.5, 0.6) is 0 Å². The zero-order chi connectivity index (χ0) is 14.7. The van der Waals surface area contributed by atoms with E-state index < -0.39 is 0 Å². The van der Waals surface area contributed by atoms with E-state index in [1.165, 1.54) is 25.0 Å². The minimum atomic E-state index is -0.191. The Bertz CT molecular complexity index is 576. The summed E-state index contributed by atoms with van der Waals surface area (Å²) in [5.74, 6) is 0.717. The van der Waals surface area contributed by atoms with Crippen molar-refractivity contribution >= 4 is 0 Å². The number of hydrogen-bond acceptors (Lipinski definition) is 4. The molecule has 1 fully saturated rings. The summed E-state index contributed by atoms with van der Waals surface area (Å²) >= 11 is 0. The number of nitrogens with zero attached hydrogens (tertiary/aromatic N) is 5. The first-order valence-corrected chi connectivity index (χ1v) is 7.50. The molecule has 1 aromatic heterocycles. The maximum atomic E-state index is 13.0. The monoisotopic (exact) mass is 289 g/mol. The van der Waals surface area contributed by atoms with Gasteiger partial charge in [-0.15, -0.1) is 5.10 Å². The van der Waals surface area contributed by atoms with Crippen LogP contribution < -0.4 is 0 Å². The third-order valence-electron chi connectivity index (χ3n) is 3.75. The molecule has 0 atom stereocenters. The third-order valence-corrected chi connectivity index (χ3v) is 3.75. The second-order valence-electron chi connectivity index (χ2n) is 5.58. The van der Waals surface area contributed by atoms with Gasteiger partial charge in [-0.05, 0) is 47.4 Å². The lowest BCUT2D eigenvalue weighted by Gasteiger charge is -2.21. The highest BCUT2D eigenvalue weighted by Crippen LogP contribution is 2.29. The Kier molecular flexibility index (Phi) is 4.24. The molecule has 1 heterocycles. The molecule has 0 unspecified atom stereocenters. The van der Waals surface area contributed by atoms with E-state index in [1.807, 2.05) is 16.8 Å². The van der Waals surface area contributed by atoms with Crippen molar-refractivity contribution in [3.05, 3.63) is 41.5 Å². The summed E-state index contributed by atoms with van der Waals surface area (Å²) in [7, 11) is 0. The Morgan fingerprint density at radius 2 is 2.00 bits per heavy atom. The summed E-state index contributed by atoms with van der Waals surface area (Å²) in [5, 5.41) is 12.0. The lowest BCUT2D eigenvalue weighted by Crippen LogP contribution is -2.27. The second kappa shape index (κ2) is 6.30. The standard InChI is InChI=1S/C15H20FN5/c1-2-9-21-15(17-18-19-21)11-20(14-7-8-14)10-12-3-5-13(16)6-4-12/h3-6,14H,2,7-11H2,1H3. The first kappa shape index (κ1) is 14.1. The maximum absolute atomic E-state index is 13.0. The molecule has 5 nitrogen and oxygen atoms in total. The SMILES string of the molecule is CCCn1nnnc1CN(Cc1ccc(F)cc1)C1CC1. The van der Waals surface area contributed by atoms with Gasteiger partial charge >= 0.3 is 0 Å². The predicted octanol–water partition coefficient (Wildman–Crippen LogP) is 2.39. The fourth-order valence-electron chi connectivity index (χ4n) is 2.48. The van der Waals surface area contributed by atoms with Gasteiger partial charge in [-0.25, -0.2) is 9.07 Å². The Morgan fingerprint density at radius 3 is 2.67 bits per heavy atom. The summed E-state index contributed by atoms with van der Waals surface area (Å²) in [6, 6.07) is 7.32. The van der Waals surface area contributed by atoms with E-state index in [9.17, 15) is 4.39 Å². The average Bonchev–Trinajstić information content (AvgIpc) is 3.24. The largest absolute Gasteiger partial charge is 0.289 e. The minimum absolute atomic E-state index is 0.191. The molecule has 1 aliphatic carbocycles. The van der Waals surface area contributed by atoms with Crippen LogP contribution in [-0.4, -0.2) is 31.1 Å². The molecule has 3 rings (SSSR count). The zero-order valence-electron chi connectivity index (χ0n) is 12.2. The van der Waals surface area contributed by atoms with Crippen molar-refractivity contribution < 1.29 is 4.39 Å². The van der Waals surface area contributed by atoms with Crippen molar-refractivity contribution in [2.75, 3.05) is 0 Å². The van der Waals surface area contributed by atoms with E-state index in [4.69, 9.17) is 0 Å². The number of aromatic nitrogens is 4. The van der Waals surface area contributed by atoms with Gasteiger partial charge < -0.3 is 0 Å². The topological polar surface area (TPSA) is 46.8 Å². The molecule has 0 N–H and O–H groups in total. The van der Waals surface area contributed by atoms with E-state index in [2.05, 4.69) is 27.3 Å². The van der Waals surface area contributed by atoms with Crippen LogP contribution in [-0.2, 0) is 19.6 Å². The van der Waals surface area contributed by atoms with Crippen LogP contribution in [0.2, 0.25) is 0 Å². The van der Waals surface area contributed by atoms with E-state index >= 15 is 0 Å². The predicted molar refractivity (Wildman–Crippen MR) is 76.8 cm³/mol. The van der Waals surface area contributed by atoms with Gasteiger partial charge in [0.05, 0.1) is 6.54 Å². The average molecular weight is 289 g/mol. The Hall–Kier alpha value is -1.82. The Morgan fingerprint density at radius 1 is 1.24 bits per heavy atom. The Balaban J connectivity index is 1.70. The second-order valence-corrected chi connectivity index (χ2v) is 5.58. The van der Waals surface area contributed by atoms with E-state index in [1.54, 1.807) is 0 Å². The highest BCUT2D eigenvalue weighted by atomic mass is 19.1. The number of rotatable bonds is 7. The molecular weight excluding hydrogens is 269 g/mol. The van der Waals surface area contributed by atoms with Crippen LogP contribution in [0.4, 0.5) is 4.39 Å². The molecule has 0 spiro atoms. The molecule has 0 aliphatic heterocycles. The molecule has 2 aromatic rings. The number of halogens is 1. The van der Waals surface area contributed by atoms with Gasteiger partial charge in [-0.2, -0.15) is 0 Å². The number of aryl methyl sites for hydroxylation is 1. The lowest BCUT2D eigenvalue weighted by atomic mass is 10.2. The van der Waals surface area contributed by atoms with Gasteiger partial charge in [0.1, 0.15) is 5.82 Å². The molecule has 6 heteroatoms. The first-order valence-electron chi connectivity index (χ1n) is 7.50. The molecule has 1 aromatic carbocycles. The fourth-order valence-corrected chi connectivity index (χ4v) is 2.48. The highest BCUT2D eigenvalue weighted by Gasteiger charge is 2.30. The molecule has 112 valence electrons. The lowest BCUT2D eigenvalue weighted by molar-refractivity contribution is 0.234. The maximum Gasteiger partial charge on any atom is 0.165 e. The van der Waals surface area contributed by atoms with E-state index in [0.29, 0.717) is 6.04 Å². The van der Waals surface area contributed by atoms with Crippen molar-refractivity contribution in [1.29, 1.82) is 0 Å². The van der Waals surface area contributed by atoms with Crippen molar-refractivity contribution in [2.45, 2.75) is 51.9 Å². The number of hydrogen-bond donors (Lipinski definition) is 0. The normalized spacial score (nSPS) is 14.8. The zero-order valence-corrected chi connectivity index (χ0v) is 12.2. The van der Waals surface area contributed by atoms with Crippen LogP contribution in [0.15, 0.2) is 24.3 Å². The van der Waals surface area contributed by atoms with Gasteiger partial charge in [0.25, 0.3) is 0 Å². The summed E-state index contributed by atoms with van der Waals surface area (Å²) < 4.78 is 14.9. The Labute approximate surface area is 123 Å². The van der Waals surface area contributed by atoms with E-state index in [0.717, 1.165) is 37.4 Å². The van der Waals surface area contributed by atoms with Crippen LogP contribution >= 0.6 is 0 Å². The smallest absolute Gasteiger partial charge is 0.165 e. The molecule has 0 amide bonds. The fraction of sp³-hybridized carbons (Fsp3) is 0.533. The van der Waals surface area contributed by atoms with Crippen molar-refractivity contribution in [3.8, 4) is 0 Å². The van der Waals surface area contributed by atoms with Gasteiger partial charge in [0.2, 0.25) is 0 Å². The first-order chi connectivity index (χ1) is 10.3. The molecule has 0 saturated heterocycles. The molecule has 0 bridgehead atoms. The van der Waals surface area contributed by atoms with Gasteiger partial charge in [0, 0.05) is 19.1 Å². The van der Waals surface area contributed by atoms with Gasteiger partial charge in [-0.3, -0.25) is 4.90 Å². The van der Waals surface area contributed by atoms with Gasteiger partial charge in [0.15, 0.2) is 5.82 Å². The number of benzene rings is 1. The molecule has 1 aliphatic rings. The quantitative estimate of drug-likeness (QED) is 0.785. The van der Waals surface area contributed by atoms with Crippen LogP contribution in [0, 0.1) is 5.82 Å². The number of tetrazole rings is 1. The summed E-state index contributed by atoms with van der Waals surface area (Å²) in [4.78, 5) is 2.38.